The maximum Gasteiger partial charge on any atom is 0.103 e. The fourth-order valence-corrected chi connectivity index (χ4v) is 3.54. The van der Waals surface area contributed by atoms with Crippen LogP contribution in [0.5, 0.6) is 0 Å². The zero-order chi connectivity index (χ0) is 14.5. The Balaban J connectivity index is 2.70. The molecule has 0 amide bonds. The molecule has 0 aliphatic carbocycles. The van der Waals surface area contributed by atoms with Crippen LogP contribution in [0.15, 0.2) is 0 Å². The SMILES string of the molecule is CCCc1nc(CSC(C)(C)C)sc1CNC(C)C. The molecule has 1 heterocycles. The minimum Gasteiger partial charge on any atom is -0.310 e. The molecule has 2 nitrogen and oxygen atoms in total. The number of thiazole rings is 1. The van der Waals surface area contributed by atoms with Crippen molar-refractivity contribution in [3.05, 3.63) is 15.6 Å². The first-order valence-corrected chi connectivity index (χ1v) is 8.97. The van der Waals surface area contributed by atoms with Gasteiger partial charge in [0.25, 0.3) is 0 Å². The van der Waals surface area contributed by atoms with E-state index in [1.165, 1.54) is 22.0 Å². The highest BCUT2D eigenvalue weighted by Gasteiger charge is 2.15. The molecule has 0 bridgehead atoms. The fourth-order valence-electron chi connectivity index (χ4n) is 1.64. The van der Waals surface area contributed by atoms with Crippen LogP contribution in [0.25, 0.3) is 0 Å². The summed E-state index contributed by atoms with van der Waals surface area (Å²) in [5.74, 6) is 1.03. The Morgan fingerprint density at radius 2 is 2.00 bits per heavy atom. The first kappa shape index (κ1) is 17.0. The summed E-state index contributed by atoms with van der Waals surface area (Å²) in [6.07, 6.45) is 2.27. The molecule has 0 saturated heterocycles. The van der Waals surface area contributed by atoms with Crippen LogP contribution in [0, 0.1) is 0 Å². The molecule has 0 saturated carbocycles. The lowest BCUT2D eigenvalue weighted by molar-refractivity contribution is 0.589. The van der Waals surface area contributed by atoms with Gasteiger partial charge in [-0.05, 0) is 6.42 Å². The van der Waals surface area contributed by atoms with Gasteiger partial charge in [-0.2, -0.15) is 0 Å². The van der Waals surface area contributed by atoms with Crippen molar-refractivity contribution in [2.24, 2.45) is 0 Å². The Morgan fingerprint density at radius 1 is 1.32 bits per heavy atom. The molecule has 0 spiro atoms. The third kappa shape index (κ3) is 6.77. The van der Waals surface area contributed by atoms with Crippen LogP contribution in [0.1, 0.15) is 63.5 Å². The third-order valence-corrected chi connectivity index (χ3v) is 5.17. The van der Waals surface area contributed by atoms with E-state index in [1.54, 1.807) is 0 Å². The number of aromatic nitrogens is 1. The summed E-state index contributed by atoms with van der Waals surface area (Å²) in [7, 11) is 0. The van der Waals surface area contributed by atoms with Crippen LogP contribution in [0.2, 0.25) is 0 Å². The number of nitrogens with zero attached hydrogens (tertiary/aromatic N) is 1. The number of thioether (sulfide) groups is 1. The Hall–Kier alpha value is -0.0600. The first-order chi connectivity index (χ1) is 8.81. The van der Waals surface area contributed by atoms with Gasteiger partial charge in [-0.25, -0.2) is 4.98 Å². The van der Waals surface area contributed by atoms with Gasteiger partial charge < -0.3 is 5.32 Å². The number of hydrogen-bond acceptors (Lipinski definition) is 4. The van der Waals surface area contributed by atoms with Crippen molar-refractivity contribution in [1.29, 1.82) is 0 Å². The number of nitrogens with one attached hydrogen (secondary N) is 1. The molecule has 4 heteroatoms. The molecule has 1 aromatic rings. The maximum absolute atomic E-state index is 4.84. The standard InChI is InChI=1S/C15H28N2S2/c1-7-8-12-13(9-16-11(2)3)19-14(17-12)10-18-15(4,5)6/h11,16H,7-10H2,1-6H3. The van der Waals surface area contributed by atoms with Gasteiger partial charge in [0, 0.05) is 28.0 Å². The van der Waals surface area contributed by atoms with E-state index >= 15 is 0 Å². The molecule has 0 atom stereocenters. The molecule has 0 aromatic carbocycles. The minimum absolute atomic E-state index is 0.312. The summed E-state index contributed by atoms with van der Waals surface area (Å²) in [4.78, 5) is 6.27. The quantitative estimate of drug-likeness (QED) is 0.795. The molecule has 19 heavy (non-hydrogen) atoms. The summed E-state index contributed by atoms with van der Waals surface area (Å²) >= 11 is 3.87. The van der Waals surface area contributed by atoms with E-state index in [4.69, 9.17) is 4.98 Å². The van der Waals surface area contributed by atoms with Crippen molar-refractivity contribution in [3.63, 3.8) is 0 Å². The van der Waals surface area contributed by atoms with Crippen molar-refractivity contribution in [3.8, 4) is 0 Å². The zero-order valence-electron chi connectivity index (χ0n) is 13.2. The lowest BCUT2D eigenvalue weighted by atomic mass is 10.2. The van der Waals surface area contributed by atoms with Crippen molar-refractivity contribution >= 4 is 23.1 Å². The van der Waals surface area contributed by atoms with Gasteiger partial charge in [-0.15, -0.1) is 23.1 Å². The second kappa shape index (κ2) is 7.65. The Labute approximate surface area is 126 Å². The Morgan fingerprint density at radius 3 is 2.53 bits per heavy atom. The topological polar surface area (TPSA) is 24.9 Å². The molecular weight excluding hydrogens is 272 g/mol. The van der Waals surface area contributed by atoms with Crippen molar-refractivity contribution in [2.75, 3.05) is 0 Å². The van der Waals surface area contributed by atoms with Crippen LogP contribution in [-0.4, -0.2) is 15.8 Å². The highest BCUT2D eigenvalue weighted by molar-refractivity contribution is 7.99. The van der Waals surface area contributed by atoms with Gasteiger partial charge in [-0.3, -0.25) is 0 Å². The second-order valence-electron chi connectivity index (χ2n) is 6.16. The number of rotatable bonds is 7. The average Bonchev–Trinajstić information content (AvgIpc) is 2.66. The summed E-state index contributed by atoms with van der Waals surface area (Å²) in [5, 5.41) is 4.79. The van der Waals surface area contributed by atoms with Gasteiger partial charge >= 0.3 is 0 Å². The van der Waals surface area contributed by atoms with Gasteiger partial charge in [-0.1, -0.05) is 48.0 Å². The largest absolute Gasteiger partial charge is 0.310 e. The molecule has 0 fully saturated rings. The highest BCUT2D eigenvalue weighted by Crippen LogP contribution is 2.30. The Bertz CT molecular complexity index is 378. The van der Waals surface area contributed by atoms with E-state index in [-0.39, 0.29) is 0 Å². The second-order valence-corrected chi connectivity index (χ2v) is 9.13. The van der Waals surface area contributed by atoms with E-state index in [1.807, 2.05) is 23.1 Å². The van der Waals surface area contributed by atoms with Crippen molar-refractivity contribution in [1.82, 2.24) is 10.3 Å². The predicted octanol–water partition coefficient (Wildman–Crippen LogP) is 4.63. The summed E-state index contributed by atoms with van der Waals surface area (Å²) in [6.45, 7) is 14.4. The lowest BCUT2D eigenvalue weighted by Gasteiger charge is -2.16. The molecule has 0 radical (unpaired) electrons. The molecule has 1 N–H and O–H groups in total. The molecule has 110 valence electrons. The molecule has 1 rings (SSSR count). The van der Waals surface area contributed by atoms with E-state index in [0.717, 1.165) is 18.7 Å². The summed E-state index contributed by atoms with van der Waals surface area (Å²) in [6, 6.07) is 0.531. The molecular formula is C15H28N2S2. The van der Waals surface area contributed by atoms with Gasteiger partial charge in [0.15, 0.2) is 0 Å². The average molecular weight is 301 g/mol. The predicted molar refractivity (Wildman–Crippen MR) is 89.1 cm³/mol. The normalized spacial score (nSPS) is 12.4. The van der Waals surface area contributed by atoms with Crippen LogP contribution in [0.3, 0.4) is 0 Å². The Kier molecular flexibility index (Phi) is 6.84. The molecule has 0 aliphatic rings. The van der Waals surface area contributed by atoms with Crippen LogP contribution < -0.4 is 5.32 Å². The van der Waals surface area contributed by atoms with Crippen molar-refractivity contribution in [2.45, 2.75) is 77.5 Å². The van der Waals surface area contributed by atoms with Gasteiger partial charge in [0.1, 0.15) is 5.01 Å². The third-order valence-electron chi connectivity index (χ3n) is 2.61. The van der Waals surface area contributed by atoms with Crippen LogP contribution in [-0.2, 0) is 18.7 Å². The van der Waals surface area contributed by atoms with Crippen LogP contribution >= 0.6 is 23.1 Å². The highest BCUT2D eigenvalue weighted by atomic mass is 32.2. The maximum atomic E-state index is 4.84. The van der Waals surface area contributed by atoms with Crippen LogP contribution in [0.4, 0.5) is 0 Å². The zero-order valence-corrected chi connectivity index (χ0v) is 14.8. The number of hydrogen-bond donors (Lipinski definition) is 1. The molecule has 1 aromatic heterocycles. The van der Waals surface area contributed by atoms with E-state index in [2.05, 4.69) is 46.9 Å². The van der Waals surface area contributed by atoms with Crippen molar-refractivity contribution < 1.29 is 0 Å². The first-order valence-electron chi connectivity index (χ1n) is 7.16. The van der Waals surface area contributed by atoms with Gasteiger partial charge in [0.05, 0.1) is 5.69 Å². The summed E-state index contributed by atoms with van der Waals surface area (Å²) < 4.78 is 0.312. The smallest absolute Gasteiger partial charge is 0.103 e. The lowest BCUT2D eigenvalue weighted by Crippen LogP contribution is -2.21. The fraction of sp³-hybridized carbons (Fsp3) is 0.800. The monoisotopic (exact) mass is 300 g/mol. The molecule has 0 unspecified atom stereocenters. The van der Waals surface area contributed by atoms with E-state index < -0.39 is 0 Å². The number of aryl methyl sites for hydroxylation is 1. The minimum atomic E-state index is 0.312. The van der Waals surface area contributed by atoms with Gasteiger partial charge in [0.2, 0.25) is 0 Å². The summed E-state index contributed by atoms with van der Waals surface area (Å²) in [5.41, 5.74) is 1.31. The van der Waals surface area contributed by atoms with E-state index in [0.29, 0.717) is 10.8 Å². The van der Waals surface area contributed by atoms with E-state index in [9.17, 15) is 0 Å². The molecule has 0 aliphatic heterocycles.